The SMILES string of the molecule is O=C(NCCCOCC1CCCO1)N1CCN(c2ccccc2Cl)CC1. The fourth-order valence-corrected chi connectivity index (χ4v) is 3.59. The molecule has 1 N–H and O–H groups in total. The number of para-hydroxylation sites is 1. The first-order chi connectivity index (χ1) is 12.7. The number of hydrogen-bond acceptors (Lipinski definition) is 4. The van der Waals surface area contributed by atoms with Crippen molar-refractivity contribution in [2.75, 3.05) is 57.4 Å². The monoisotopic (exact) mass is 381 g/mol. The summed E-state index contributed by atoms with van der Waals surface area (Å²) in [6.45, 7) is 5.80. The molecule has 2 amide bonds. The van der Waals surface area contributed by atoms with Crippen LogP contribution in [0.2, 0.25) is 5.02 Å². The van der Waals surface area contributed by atoms with Gasteiger partial charge in [-0.3, -0.25) is 0 Å². The quantitative estimate of drug-likeness (QED) is 0.738. The molecule has 0 aromatic heterocycles. The van der Waals surface area contributed by atoms with E-state index in [4.69, 9.17) is 21.1 Å². The van der Waals surface area contributed by atoms with Crippen LogP contribution in [0, 0.1) is 0 Å². The number of piperazine rings is 1. The van der Waals surface area contributed by atoms with Crippen LogP contribution in [0.4, 0.5) is 10.5 Å². The first kappa shape index (κ1) is 19.3. The van der Waals surface area contributed by atoms with Gasteiger partial charge in [-0.2, -0.15) is 0 Å². The molecule has 2 saturated heterocycles. The summed E-state index contributed by atoms with van der Waals surface area (Å²) >= 11 is 6.25. The van der Waals surface area contributed by atoms with E-state index >= 15 is 0 Å². The van der Waals surface area contributed by atoms with Crippen molar-refractivity contribution in [3.8, 4) is 0 Å². The van der Waals surface area contributed by atoms with Crippen molar-refractivity contribution >= 4 is 23.3 Å². The van der Waals surface area contributed by atoms with Crippen LogP contribution < -0.4 is 10.2 Å². The molecule has 0 saturated carbocycles. The van der Waals surface area contributed by atoms with Crippen molar-refractivity contribution in [1.29, 1.82) is 0 Å². The smallest absolute Gasteiger partial charge is 0.317 e. The van der Waals surface area contributed by atoms with Crippen LogP contribution >= 0.6 is 11.6 Å². The zero-order valence-corrected chi connectivity index (χ0v) is 15.9. The molecular weight excluding hydrogens is 354 g/mol. The summed E-state index contributed by atoms with van der Waals surface area (Å²) in [5.74, 6) is 0. The average Bonchev–Trinajstić information content (AvgIpc) is 3.18. The number of carbonyl (C=O) groups excluding carboxylic acids is 1. The Morgan fingerprint density at radius 2 is 2.08 bits per heavy atom. The standard InChI is InChI=1S/C19H28ClN3O3/c20-17-6-1-2-7-18(17)22-9-11-23(12-10-22)19(24)21-8-4-13-25-15-16-5-3-14-26-16/h1-2,6-7,16H,3-5,8-15H2,(H,21,24). The highest BCUT2D eigenvalue weighted by Gasteiger charge is 2.22. The Morgan fingerprint density at radius 3 is 2.81 bits per heavy atom. The fraction of sp³-hybridized carbons (Fsp3) is 0.632. The van der Waals surface area contributed by atoms with Gasteiger partial charge in [-0.15, -0.1) is 0 Å². The second-order valence-corrected chi connectivity index (χ2v) is 7.13. The topological polar surface area (TPSA) is 54.0 Å². The van der Waals surface area contributed by atoms with Crippen LogP contribution in [0.25, 0.3) is 0 Å². The van der Waals surface area contributed by atoms with Crippen molar-refractivity contribution < 1.29 is 14.3 Å². The predicted octanol–water partition coefficient (Wildman–Crippen LogP) is 2.76. The fourth-order valence-electron chi connectivity index (χ4n) is 3.33. The van der Waals surface area contributed by atoms with E-state index in [1.165, 1.54) is 0 Å². The van der Waals surface area contributed by atoms with Crippen LogP contribution in [-0.2, 0) is 9.47 Å². The maximum Gasteiger partial charge on any atom is 0.317 e. The molecule has 26 heavy (non-hydrogen) atoms. The Morgan fingerprint density at radius 1 is 1.27 bits per heavy atom. The maximum absolute atomic E-state index is 12.3. The zero-order valence-electron chi connectivity index (χ0n) is 15.2. The molecule has 0 bridgehead atoms. The maximum atomic E-state index is 12.3. The van der Waals surface area contributed by atoms with E-state index in [9.17, 15) is 4.79 Å². The number of carbonyl (C=O) groups is 1. The van der Waals surface area contributed by atoms with Crippen molar-refractivity contribution in [1.82, 2.24) is 10.2 Å². The molecule has 2 aliphatic rings. The summed E-state index contributed by atoms with van der Waals surface area (Å²) in [7, 11) is 0. The molecular formula is C19H28ClN3O3. The van der Waals surface area contributed by atoms with Gasteiger partial charge in [0.1, 0.15) is 0 Å². The molecule has 2 fully saturated rings. The third kappa shape index (κ3) is 5.50. The Balaban J connectivity index is 1.28. The largest absolute Gasteiger partial charge is 0.379 e. The normalized spacial score (nSPS) is 20.4. The van der Waals surface area contributed by atoms with Gasteiger partial charge in [0.05, 0.1) is 23.4 Å². The molecule has 144 valence electrons. The molecule has 1 aromatic carbocycles. The van der Waals surface area contributed by atoms with Gasteiger partial charge in [0.15, 0.2) is 0 Å². The lowest BCUT2D eigenvalue weighted by atomic mass is 10.2. The second kappa shape index (κ2) is 10.00. The van der Waals surface area contributed by atoms with E-state index < -0.39 is 0 Å². The Hall–Kier alpha value is -1.50. The van der Waals surface area contributed by atoms with Crippen molar-refractivity contribution in [3.05, 3.63) is 29.3 Å². The highest BCUT2D eigenvalue weighted by Crippen LogP contribution is 2.25. The van der Waals surface area contributed by atoms with E-state index in [0.717, 1.165) is 49.7 Å². The van der Waals surface area contributed by atoms with Crippen LogP contribution in [0.5, 0.6) is 0 Å². The van der Waals surface area contributed by atoms with Gasteiger partial charge in [0.25, 0.3) is 0 Å². The Kier molecular flexibility index (Phi) is 7.41. The molecule has 1 atom stereocenters. The molecule has 0 spiro atoms. The third-order valence-electron chi connectivity index (χ3n) is 4.83. The van der Waals surface area contributed by atoms with Gasteiger partial charge in [0.2, 0.25) is 0 Å². The number of benzene rings is 1. The minimum absolute atomic E-state index is 0.00272. The minimum Gasteiger partial charge on any atom is -0.379 e. The molecule has 3 rings (SSSR count). The lowest BCUT2D eigenvalue weighted by Gasteiger charge is -2.36. The summed E-state index contributed by atoms with van der Waals surface area (Å²) in [5.41, 5.74) is 1.04. The van der Waals surface area contributed by atoms with Crippen molar-refractivity contribution in [2.24, 2.45) is 0 Å². The number of urea groups is 1. The summed E-state index contributed by atoms with van der Waals surface area (Å²) in [4.78, 5) is 16.3. The Labute approximate surface area is 160 Å². The van der Waals surface area contributed by atoms with Crippen molar-refractivity contribution in [2.45, 2.75) is 25.4 Å². The van der Waals surface area contributed by atoms with Gasteiger partial charge in [-0.25, -0.2) is 4.79 Å². The summed E-state index contributed by atoms with van der Waals surface area (Å²) in [5, 5.41) is 3.74. The minimum atomic E-state index is 0.00272. The Bertz CT molecular complexity index is 573. The van der Waals surface area contributed by atoms with Gasteiger partial charge in [0, 0.05) is 45.9 Å². The number of anilines is 1. The number of halogens is 1. The first-order valence-corrected chi connectivity index (χ1v) is 9.83. The van der Waals surface area contributed by atoms with E-state index in [2.05, 4.69) is 10.2 Å². The third-order valence-corrected chi connectivity index (χ3v) is 5.15. The molecule has 7 heteroatoms. The van der Waals surface area contributed by atoms with E-state index in [1.54, 1.807) is 0 Å². The van der Waals surface area contributed by atoms with Crippen LogP contribution in [0.1, 0.15) is 19.3 Å². The molecule has 1 unspecified atom stereocenters. The molecule has 6 nitrogen and oxygen atoms in total. The zero-order chi connectivity index (χ0) is 18.2. The lowest BCUT2D eigenvalue weighted by Crippen LogP contribution is -2.52. The first-order valence-electron chi connectivity index (χ1n) is 9.45. The van der Waals surface area contributed by atoms with Crippen LogP contribution in [-0.4, -0.2) is 69.6 Å². The van der Waals surface area contributed by atoms with E-state index in [0.29, 0.717) is 32.8 Å². The van der Waals surface area contributed by atoms with Gasteiger partial charge in [-0.05, 0) is 31.4 Å². The number of rotatable bonds is 7. The van der Waals surface area contributed by atoms with Gasteiger partial charge in [-0.1, -0.05) is 23.7 Å². The summed E-state index contributed by atoms with van der Waals surface area (Å²) < 4.78 is 11.1. The van der Waals surface area contributed by atoms with Crippen LogP contribution in [0.15, 0.2) is 24.3 Å². The highest BCUT2D eigenvalue weighted by atomic mass is 35.5. The van der Waals surface area contributed by atoms with Gasteiger partial charge < -0.3 is 24.6 Å². The molecule has 0 radical (unpaired) electrons. The number of ether oxygens (including phenoxy) is 2. The summed E-state index contributed by atoms with van der Waals surface area (Å²) in [6, 6.07) is 7.84. The lowest BCUT2D eigenvalue weighted by molar-refractivity contribution is 0.0167. The van der Waals surface area contributed by atoms with Crippen molar-refractivity contribution in [3.63, 3.8) is 0 Å². The summed E-state index contributed by atoms with van der Waals surface area (Å²) in [6.07, 6.45) is 3.31. The average molecular weight is 382 g/mol. The molecule has 2 heterocycles. The number of nitrogens with zero attached hydrogens (tertiary/aromatic N) is 2. The molecule has 0 aliphatic carbocycles. The second-order valence-electron chi connectivity index (χ2n) is 6.72. The van der Waals surface area contributed by atoms with Gasteiger partial charge >= 0.3 is 6.03 Å². The highest BCUT2D eigenvalue weighted by molar-refractivity contribution is 6.33. The van der Waals surface area contributed by atoms with E-state index in [-0.39, 0.29) is 12.1 Å². The molecule has 2 aliphatic heterocycles. The van der Waals surface area contributed by atoms with Crippen LogP contribution in [0.3, 0.4) is 0 Å². The molecule has 1 aromatic rings. The number of hydrogen-bond donors (Lipinski definition) is 1. The number of amides is 2. The number of nitrogens with one attached hydrogen (secondary N) is 1. The van der Waals surface area contributed by atoms with E-state index in [1.807, 2.05) is 29.2 Å². The predicted molar refractivity (Wildman–Crippen MR) is 103 cm³/mol.